The third-order valence-electron chi connectivity index (χ3n) is 11.7. The Morgan fingerprint density at radius 2 is 1.90 bits per heavy atom. The van der Waals surface area contributed by atoms with E-state index in [1.54, 1.807) is 0 Å². The number of hydrogen-bond donors (Lipinski definition) is 1. The highest BCUT2D eigenvalue weighted by molar-refractivity contribution is 7.16. The minimum Gasteiger partial charge on any atom is -0.462 e. The molecule has 4 aliphatic rings. The van der Waals surface area contributed by atoms with Gasteiger partial charge >= 0.3 is 5.97 Å². The van der Waals surface area contributed by atoms with Gasteiger partial charge in [0.1, 0.15) is 11.9 Å². The highest BCUT2D eigenvalue weighted by Gasteiger charge is 2.63. The van der Waals surface area contributed by atoms with Crippen molar-refractivity contribution in [1.29, 1.82) is 0 Å². The summed E-state index contributed by atoms with van der Waals surface area (Å²) in [6, 6.07) is 3.92. The fourth-order valence-electron chi connectivity index (χ4n) is 9.88. The molecular weight excluding hydrogens is 530 g/mol. The molecule has 4 fully saturated rings. The number of fused-ring (bicyclic) bond motifs is 5. The van der Waals surface area contributed by atoms with Gasteiger partial charge in [-0.05, 0) is 97.5 Å². The predicted octanol–water partition coefficient (Wildman–Crippen LogP) is 7.76. The van der Waals surface area contributed by atoms with E-state index in [0.29, 0.717) is 54.6 Å². The number of rotatable bonds is 7. The van der Waals surface area contributed by atoms with Gasteiger partial charge in [-0.15, -0.1) is 11.3 Å². The molecule has 39 heavy (non-hydrogen) atoms. The van der Waals surface area contributed by atoms with Crippen LogP contribution in [0, 0.1) is 46.3 Å². The molecule has 1 aromatic rings. The van der Waals surface area contributed by atoms with E-state index < -0.39 is 0 Å². The van der Waals surface area contributed by atoms with E-state index in [0.717, 1.165) is 54.2 Å². The molecule has 1 heterocycles. The number of amides is 1. The van der Waals surface area contributed by atoms with Crippen LogP contribution in [0.15, 0.2) is 12.1 Å². The number of nitrogens with one attached hydrogen (secondary N) is 1. The smallest absolute Gasteiger partial charge is 0.302 e. The van der Waals surface area contributed by atoms with Crippen LogP contribution in [0.3, 0.4) is 0 Å². The standard InChI is InChI=1S/C32H46ClNO4S/c1-6-25(27-9-10-28(33)39-27)34-29(37)15-18(2)22-7-8-23-30-24(12-14-32(22,23)5)31(4)13-11-21(36)16-20(31)17-26(30)38-19(3)35/h9-10,18,20,22-26,30H,6-8,11-17H2,1-5H3,(H,34,37)/t18-,20+,22-,23+,24+,25-,26-,30+,31+,32-/m1/s1. The lowest BCUT2D eigenvalue weighted by molar-refractivity contribution is -0.189. The van der Waals surface area contributed by atoms with Gasteiger partial charge < -0.3 is 10.1 Å². The number of esters is 1. The van der Waals surface area contributed by atoms with Crippen LogP contribution in [-0.2, 0) is 19.1 Å². The molecule has 4 saturated carbocycles. The number of carbonyl (C=O) groups excluding carboxylic acids is 3. The summed E-state index contributed by atoms with van der Waals surface area (Å²) in [6.07, 6.45) is 8.96. The van der Waals surface area contributed by atoms with Crippen molar-refractivity contribution in [2.45, 2.75) is 111 Å². The van der Waals surface area contributed by atoms with E-state index in [9.17, 15) is 14.4 Å². The maximum atomic E-state index is 13.2. The Hall–Kier alpha value is -1.40. The van der Waals surface area contributed by atoms with E-state index >= 15 is 0 Å². The maximum absolute atomic E-state index is 13.2. The lowest BCUT2D eigenvalue weighted by atomic mass is 9.43. The number of ketones is 1. The zero-order valence-corrected chi connectivity index (χ0v) is 25.8. The van der Waals surface area contributed by atoms with Crippen molar-refractivity contribution < 1.29 is 19.1 Å². The predicted molar refractivity (Wildman–Crippen MR) is 155 cm³/mol. The second-order valence-corrected chi connectivity index (χ2v) is 15.4. The number of ether oxygens (including phenoxy) is 1. The molecule has 10 atom stereocenters. The molecule has 7 heteroatoms. The first-order valence-corrected chi connectivity index (χ1v) is 16.4. The fourth-order valence-corrected chi connectivity index (χ4v) is 11.1. The van der Waals surface area contributed by atoms with Crippen LogP contribution < -0.4 is 5.32 Å². The Morgan fingerprint density at radius 3 is 2.56 bits per heavy atom. The van der Waals surface area contributed by atoms with Crippen LogP contribution in [0.1, 0.15) is 110 Å². The van der Waals surface area contributed by atoms with Gasteiger partial charge in [-0.2, -0.15) is 0 Å². The summed E-state index contributed by atoms with van der Waals surface area (Å²) >= 11 is 7.69. The highest BCUT2D eigenvalue weighted by atomic mass is 35.5. The van der Waals surface area contributed by atoms with Crippen LogP contribution in [0.4, 0.5) is 0 Å². The van der Waals surface area contributed by atoms with Crippen LogP contribution in [-0.4, -0.2) is 23.8 Å². The van der Waals surface area contributed by atoms with Crippen LogP contribution >= 0.6 is 22.9 Å². The Labute approximate surface area is 243 Å². The molecular formula is C32H46ClNO4S. The van der Waals surface area contributed by atoms with Gasteiger partial charge in [-0.25, -0.2) is 0 Å². The van der Waals surface area contributed by atoms with Gasteiger partial charge in [-0.1, -0.05) is 39.3 Å². The monoisotopic (exact) mass is 575 g/mol. The van der Waals surface area contributed by atoms with E-state index in [1.807, 2.05) is 12.1 Å². The van der Waals surface area contributed by atoms with Crippen molar-refractivity contribution in [3.63, 3.8) is 0 Å². The Balaban J connectivity index is 1.32. The molecule has 0 aliphatic heterocycles. The lowest BCUT2D eigenvalue weighted by Gasteiger charge is -2.62. The minimum absolute atomic E-state index is 0.00680. The van der Waals surface area contributed by atoms with Crippen LogP contribution in [0.5, 0.6) is 0 Å². The molecule has 0 aromatic carbocycles. The van der Waals surface area contributed by atoms with Crippen molar-refractivity contribution in [1.82, 2.24) is 5.32 Å². The van der Waals surface area contributed by atoms with Crippen molar-refractivity contribution >= 4 is 40.6 Å². The molecule has 216 valence electrons. The number of thiophene rings is 1. The zero-order valence-electron chi connectivity index (χ0n) is 24.3. The first-order chi connectivity index (χ1) is 18.5. The van der Waals surface area contributed by atoms with E-state index in [-0.39, 0.29) is 40.8 Å². The third kappa shape index (κ3) is 5.34. The highest BCUT2D eigenvalue weighted by Crippen LogP contribution is 2.68. The SMILES string of the molecule is CC[C@@H](NC(=O)C[C@@H](C)[C@H]1CC[C@H]2[C@@H]3[C@H](OC(C)=O)C[C@@H]4CC(=O)CC[C@]4(C)[C@H]3CC[C@]12C)c1ccc(Cl)s1. The third-order valence-corrected chi connectivity index (χ3v) is 13.1. The summed E-state index contributed by atoms with van der Waals surface area (Å²) in [4.78, 5) is 39.0. The zero-order chi connectivity index (χ0) is 28.1. The van der Waals surface area contributed by atoms with Gasteiger partial charge in [0.2, 0.25) is 5.91 Å². The van der Waals surface area contributed by atoms with E-state index in [4.69, 9.17) is 16.3 Å². The second-order valence-electron chi connectivity index (χ2n) is 13.7. The summed E-state index contributed by atoms with van der Waals surface area (Å²) in [6.45, 7) is 10.8. The average Bonchev–Trinajstić information content (AvgIpc) is 3.46. The fraction of sp³-hybridized carbons (Fsp3) is 0.781. The normalized spacial score (nSPS) is 39.2. The van der Waals surface area contributed by atoms with Crippen molar-refractivity contribution in [3.8, 4) is 0 Å². The number of halogens is 1. The summed E-state index contributed by atoms with van der Waals surface area (Å²) < 4.78 is 6.83. The molecule has 5 rings (SSSR count). The Kier molecular flexibility index (Phi) is 8.29. The van der Waals surface area contributed by atoms with Gasteiger partial charge in [0, 0.05) is 37.0 Å². The van der Waals surface area contributed by atoms with Gasteiger partial charge in [0.15, 0.2) is 0 Å². The number of hydrogen-bond acceptors (Lipinski definition) is 5. The Morgan fingerprint density at radius 1 is 1.15 bits per heavy atom. The number of Topliss-reactive ketones (excluding diaryl/α,β-unsaturated/α-hetero) is 1. The minimum atomic E-state index is -0.200. The van der Waals surface area contributed by atoms with Gasteiger partial charge in [0.25, 0.3) is 0 Å². The van der Waals surface area contributed by atoms with E-state index in [1.165, 1.54) is 18.3 Å². The molecule has 1 N–H and O–H groups in total. The largest absolute Gasteiger partial charge is 0.462 e. The molecule has 1 aromatic heterocycles. The van der Waals surface area contributed by atoms with Crippen molar-refractivity contribution in [3.05, 3.63) is 21.3 Å². The molecule has 1 amide bonds. The van der Waals surface area contributed by atoms with Crippen LogP contribution in [0.2, 0.25) is 4.34 Å². The summed E-state index contributed by atoms with van der Waals surface area (Å²) in [5.41, 5.74) is 0.290. The quantitative estimate of drug-likeness (QED) is 0.337. The van der Waals surface area contributed by atoms with Crippen LogP contribution in [0.25, 0.3) is 0 Å². The molecule has 5 nitrogen and oxygen atoms in total. The molecule has 0 bridgehead atoms. The first kappa shape index (κ1) is 29.1. The number of carbonyl (C=O) groups is 3. The molecule has 0 saturated heterocycles. The van der Waals surface area contributed by atoms with Gasteiger partial charge in [0.05, 0.1) is 10.4 Å². The maximum Gasteiger partial charge on any atom is 0.302 e. The summed E-state index contributed by atoms with van der Waals surface area (Å²) in [7, 11) is 0. The molecule has 0 radical (unpaired) electrons. The van der Waals surface area contributed by atoms with E-state index in [2.05, 4.69) is 33.0 Å². The summed E-state index contributed by atoms with van der Waals surface area (Å²) in [5.74, 6) is 2.70. The average molecular weight is 576 g/mol. The first-order valence-electron chi connectivity index (χ1n) is 15.2. The van der Waals surface area contributed by atoms with Crippen molar-refractivity contribution in [2.24, 2.45) is 46.3 Å². The lowest BCUT2D eigenvalue weighted by Crippen LogP contribution is -2.59. The second kappa shape index (κ2) is 11.1. The topological polar surface area (TPSA) is 72.5 Å². The molecule has 0 spiro atoms. The van der Waals surface area contributed by atoms with Crippen molar-refractivity contribution in [2.75, 3.05) is 0 Å². The summed E-state index contributed by atoms with van der Waals surface area (Å²) in [5, 5.41) is 3.28. The molecule has 0 unspecified atom stereocenters. The van der Waals surface area contributed by atoms with Gasteiger partial charge in [-0.3, -0.25) is 14.4 Å². The Bertz CT molecular complexity index is 1100. The molecule has 4 aliphatic carbocycles.